The van der Waals surface area contributed by atoms with E-state index in [4.69, 9.17) is 0 Å². The molecule has 3 radical (unpaired) electrons. The van der Waals surface area contributed by atoms with Crippen LogP contribution in [0.25, 0.3) is 6.08 Å². The summed E-state index contributed by atoms with van der Waals surface area (Å²) in [5, 5.41) is 0. The number of hydrogen-bond acceptors (Lipinski definition) is 0. The van der Waals surface area contributed by atoms with Gasteiger partial charge in [-0.1, -0.05) is 35.9 Å². The normalized spacial score (nSPS) is 19.5. The molecular formula is C10H9SiTi. The minimum absolute atomic E-state index is 0. The van der Waals surface area contributed by atoms with Crippen LogP contribution in [0.5, 0.6) is 0 Å². The Morgan fingerprint density at radius 2 is 1.92 bits per heavy atom. The third kappa shape index (κ3) is 1.49. The first-order chi connectivity index (χ1) is 5.29. The molecule has 0 nitrogen and oxygen atoms in total. The molecule has 0 fully saturated rings. The number of benzene rings is 1. The number of rotatable bonds is 0. The Hall–Kier alpha value is -0.109. The van der Waals surface area contributed by atoms with Gasteiger partial charge >= 0.3 is 0 Å². The van der Waals surface area contributed by atoms with Gasteiger partial charge in [0.2, 0.25) is 0 Å². The van der Waals surface area contributed by atoms with Gasteiger partial charge in [0.1, 0.15) is 0 Å². The Balaban J connectivity index is 0.000000720. The fraction of sp³-hybridized carbons (Fsp3) is 0.200. The van der Waals surface area contributed by atoms with Crippen molar-refractivity contribution in [3.05, 3.63) is 41.0 Å². The van der Waals surface area contributed by atoms with Crippen molar-refractivity contribution in [2.75, 3.05) is 0 Å². The summed E-state index contributed by atoms with van der Waals surface area (Å²) in [7, 11) is 3.68. The molecule has 1 atom stereocenters. The van der Waals surface area contributed by atoms with Crippen molar-refractivity contribution in [3.63, 3.8) is 0 Å². The zero-order valence-corrected chi connectivity index (χ0v) is 9.53. The summed E-state index contributed by atoms with van der Waals surface area (Å²) in [5.74, 6) is 0. The molecule has 0 spiro atoms. The topological polar surface area (TPSA) is 0 Å². The summed E-state index contributed by atoms with van der Waals surface area (Å²) in [6, 6.07) is 8.48. The van der Waals surface area contributed by atoms with Crippen molar-refractivity contribution >= 4 is 16.3 Å². The van der Waals surface area contributed by atoms with E-state index in [0.29, 0.717) is 5.54 Å². The van der Waals surface area contributed by atoms with Gasteiger partial charge in [-0.25, -0.2) is 0 Å². The van der Waals surface area contributed by atoms with E-state index in [1.54, 1.807) is 0 Å². The Morgan fingerprint density at radius 3 is 2.58 bits per heavy atom. The maximum atomic E-state index is 3.68. The van der Waals surface area contributed by atoms with Crippen LogP contribution in [0, 0.1) is 0 Å². The summed E-state index contributed by atoms with van der Waals surface area (Å²) < 4.78 is 0. The smallest absolute Gasteiger partial charge is 0.0392 e. The Labute approximate surface area is 91.4 Å². The molecule has 0 amide bonds. The standard InChI is InChI=1S/C10H9Si.Ti/c1-7-6-8-4-2-3-5-9(8)10(7)11;/h2-6,10H,1H3;. The van der Waals surface area contributed by atoms with Crippen LogP contribution in [-0.4, -0.2) is 10.2 Å². The first kappa shape index (κ1) is 9.98. The van der Waals surface area contributed by atoms with Gasteiger partial charge in [0.05, 0.1) is 0 Å². The van der Waals surface area contributed by atoms with Crippen LogP contribution < -0.4 is 0 Å². The molecule has 12 heavy (non-hydrogen) atoms. The molecule has 1 aliphatic carbocycles. The fourth-order valence-corrected chi connectivity index (χ4v) is 1.83. The van der Waals surface area contributed by atoms with E-state index >= 15 is 0 Å². The first-order valence-corrected chi connectivity index (χ1v) is 4.35. The molecule has 2 heteroatoms. The molecule has 0 heterocycles. The second-order valence-electron chi connectivity index (χ2n) is 2.95. The summed E-state index contributed by atoms with van der Waals surface area (Å²) >= 11 is 0. The van der Waals surface area contributed by atoms with Crippen molar-refractivity contribution < 1.29 is 21.7 Å². The van der Waals surface area contributed by atoms with Crippen LogP contribution in [0.3, 0.4) is 0 Å². The minimum atomic E-state index is 0. The Bertz CT molecular complexity index is 317. The first-order valence-electron chi connectivity index (χ1n) is 3.77. The molecule has 1 aromatic carbocycles. The van der Waals surface area contributed by atoms with Crippen LogP contribution in [-0.2, 0) is 21.7 Å². The fourth-order valence-electron chi connectivity index (χ4n) is 1.48. The van der Waals surface area contributed by atoms with Crippen LogP contribution in [0.2, 0.25) is 0 Å². The van der Waals surface area contributed by atoms with Crippen molar-refractivity contribution in [1.29, 1.82) is 0 Å². The number of fused-ring (bicyclic) bond motifs is 1. The van der Waals surface area contributed by atoms with Crippen molar-refractivity contribution in [2.45, 2.75) is 12.5 Å². The number of allylic oxidation sites excluding steroid dienone is 1. The van der Waals surface area contributed by atoms with Gasteiger partial charge in [-0.15, -0.1) is 0 Å². The zero-order valence-electron chi connectivity index (χ0n) is 6.96. The van der Waals surface area contributed by atoms with Gasteiger partial charge in [-0.2, -0.15) is 0 Å². The van der Waals surface area contributed by atoms with Crippen molar-refractivity contribution in [2.24, 2.45) is 0 Å². The van der Waals surface area contributed by atoms with Crippen molar-refractivity contribution in [1.82, 2.24) is 0 Å². The van der Waals surface area contributed by atoms with Crippen LogP contribution in [0.15, 0.2) is 29.8 Å². The summed E-state index contributed by atoms with van der Waals surface area (Å²) in [6.45, 7) is 2.15. The van der Waals surface area contributed by atoms with Gasteiger partial charge in [0, 0.05) is 32.0 Å². The van der Waals surface area contributed by atoms with E-state index in [9.17, 15) is 0 Å². The minimum Gasteiger partial charge on any atom is -0.0688 e. The van der Waals surface area contributed by atoms with E-state index in [1.807, 2.05) is 0 Å². The molecule has 0 bridgehead atoms. The quantitative estimate of drug-likeness (QED) is 0.570. The molecule has 0 saturated carbocycles. The Kier molecular flexibility index (Phi) is 3.10. The van der Waals surface area contributed by atoms with Gasteiger partial charge in [0.25, 0.3) is 0 Å². The molecule has 1 aliphatic rings. The van der Waals surface area contributed by atoms with Crippen LogP contribution in [0.1, 0.15) is 23.6 Å². The average molecular weight is 205 g/mol. The maximum absolute atomic E-state index is 3.68. The van der Waals surface area contributed by atoms with E-state index in [1.165, 1.54) is 16.7 Å². The van der Waals surface area contributed by atoms with E-state index < -0.39 is 0 Å². The maximum Gasteiger partial charge on any atom is 0.0392 e. The summed E-state index contributed by atoms with van der Waals surface area (Å²) in [4.78, 5) is 0. The zero-order chi connectivity index (χ0) is 7.84. The van der Waals surface area contributed by atoms with Crippen LogP contribution >= 0.6 is 0 Å². The predicted molar refractivity (Wildman–Crippen MR) is 48.6 cm³/mol. The molecule has 57 valence electrons. The molecule has 0 N–H and O–H groups in total. The molecule has 1 unspecified atom stereocenters. The predicted octanol–water partition coefficient (Wildman–Crippen LogP) is 2.31. The monoisotopic (exact) mass is 205 g/mol. The summed E-state index contributed by atoms with van der Waals surface area (Å²) in [6.07, 6.45) is 2.23. The molecule has 0 aliphatic heterocycles. The third-order valence-corrected chi connectivity index (χ3v) is 2.91. The van der Waals surface area contributed by atoms with Gasteiger partial charge in [0.15, 0.2) is 0 Å². The van der Waals surface area contributed by atoms with Gasteiger partial charge in [-0.05, 0) is 23.6 Å². The number of hydrogen-bond donors (Lipinski definition) is 0. The van der Waals surface area contributed by atoms with Gasteiger partial charge in [-0.3, -0.25) is 0 Å². The molecular weight excluding hydrogens is 196 g/mol. The second-order valence-corrected chi connectivity index (χ2v) is 3.53. The van der Waals surface area contributed by atoms with Gasteiger partial charge < -0.3 is 0 Å². The van der Waals surface area contributed by atoms with Crippen molar-refractivity contribution in [3.8, 4) is 0 Å². The molecule has 0 aromatic heterocycles. The van der Waals surface area contributed by atoms with E-state index in [0.717, 1.165) is 0 Å². The third-order valence-electron chi connectivity index (χ3n) is 2.15. The Morgan fingerprint density at radius 1 is 1.25 bits per heavy atom. The summed E-state index contributed by atoms with van der Waals surface area (Å²) in [5.41, 5.74) is 4.57. The second kappa shape index (κ2) is 3.73. The van der Waals surface area contributed by atoms with E-state index in [-0.39, 0.29) is 21.7 Å². The molecule has 0 saturated heterocycles. The molecule has 1 aromatic rings. The average Bonchev–Trinajstić information content (AvgIpc) is 2.30. The largest absolute Gasteiger partial charge is 0.0688 e. The SMILES string of the molecule is CC1=Cc2ccccc2C1[Si].[Ti]. The van der Waals surface area contributed by atoms with E-state index in [2.05, 4.69) is 47.5 Å². The van der Waals surface area contributed by atoms with Crippen LogP contribution in [0.4, 0.5) is 0 Å². The molecule has 2 rings (SSSR count).